The van der Waals surface area contributed by atoms with Gasteiger partial charge in [-0.1, -0.05) is 11.6 Å². The summed E-state index contributed by atoms with van der Waals surface area (Å²) in [4.78, 5) is 14.0. The number of hydrogen-bond donors (Lipinski definition) is 0. The second-order valence-electron chi connectivity index (χ2n) is 4.62. The molecule has 1 aromatic rings. The summed E-state index contributed by atoms with van der Waals surface area (Å²) in [6.45, 7) is 3.86. The van der Waals surface area contributed by atoms with Crippen LogP contribution in [0.5, 0.6) is 0 Å². The van der Waals surface area contributed by atoms with Crippen molar-refractivity contribution in [2.75, 3.05) is 13.2 Å². The SMILES string of the molecule is CCOC(=O)C1CCCCN1Cc1cn(C)nn1. The highest BCUT2D eigenvalue weighted by Crippen LogP contribution is 2.20. The predicted molar refractivity (Wildman–Crippen MR) is 65.7 cm³/mol. The Balaban J connectivity index is 2.01. The smallest absolute Gasteiger partial charge is 0.323 e. The number of carbonyl (C=O) groups is 1. The number of hydrogen-bond acceptors (Lipinski definition) is 5. The maximum atomic E-state index is 11.9. The summed E-state index contributed by atoms with van der Waals surface area (Å²) in [5, 5.41) is 7.98. The number of ether oxygens (including phenoxy) is 1. The molecule has 0 spiro atoms. The van der Waals surface area contributed by atoms with Crippen LogP contribution in [0.15, 0.2) is 6.20 Å². The molecular formula is C12H20N4O2. The molecule has 0 aliphatic carbocycles. The van der Waals surface area contributed by atoms with Crippen LogP contribution in [0, 0.1) is 0 Å². The van der Waals surface area contributed by atoms with Gasteiger partial charge in [-0.15, -0.1) is 5.10 Å². The number of piperidine rings is 1. The minimum Gasteiger partial charge on any atom is -0.465 e. The molecule has 1 saturated heterocycles. The van der Waals surface area contributed by atoms with Crippen molar-refractivity contribution >= 4 is 5.97 Å². The first-order valence-corrected chi connectivity index (χ1v) is 6.46. The highest BCUT2D eigenvalue weighted by molar-refractivity contribution is 5.75. The van der Waals surface area contributed by atoms with E-state index in [0.717, 1.165) is 31.5 Å². The van der Waals surface area contributed by atoms with Crippen molar-refractivity contribution in [1.29, 1.82) is 0 Å². The minimum atomic E-state index is -0.124. The van der Waals surface area contributed by atoms with E-state index in [-0.39, 0.29) is 12.0 Å². The number of esters is 1. The summed E-state index contributed by atoms with van der Waals surface area (Å²) in [5.74, 6) is -0.110. The van der Waals surface area contributed by atoms with Gasteiger partial charge in [0.25, 0.3) is 0 Å². The molecule has 6 heteroatoms. The Hall–Kier alpha value is -1.43. The topological polar surface area (TPSA) is 60.2 Å². The van der Waals surface area contributed by atoms with Gasteiger partial charge in [0.1, 0.15) is 6.04 Å². The van der Waals surface area contributed by atoms with Gasteiger partial charge in [-0.25, -0.2) is 0 Å². The molecule has 1 unspecified atom stereocenters. The highest BCUT2D eigenvalue weighted by atomic mass is 16.5. The van der Waals surface area contributed by atoms with E-state index in [0.29, 0.717) is 13.2 Å². The molecule has 1 atom stereocenters. The lowest BCUT2D eigenvalue weighted by Crippen LogP contribution is -2.45. The van der Waals surface area contributed by atoms with Crippen molar-refractivity contribution < 1.29 is 9.53 Å². The Bertz CT molecular complexity index is 405. The van der Waals surface area contributed by atoms with E-state index in [1.807, 2.05) is 20.2 Å². The van der Waals surface area contributed by atoms with Gasteiger partial charge in [0.15, 0.2) is 0 Å². The predicted octanol–water partition coefficient (Wildman–Crippen LogP) is 0.733. The van der Waals surface area contributed by atoms with Crippen molar-refractivity contribution in [1.82, 2.24) is 19.9 Å². The van der Waals surface area contributed by atoms with E-state index in [4.69, 9.17) is 4.74 Å². The molecule has 0 bridgehead atoms. The lowest BCUT2D eigenvalue weighted by atomic mass is 10.0. The summed E-state index contributed by atoms with van der Waals surface area (Å²) >= 11 is 0. The molecule has 100 valence electrons. The van der Waals surface area contributed by atoms with E-state index in [1.54, 1.807) is 4.68 Å². The van der Waals surface area contributed by atoms with Crippen LogP contribution in [0.3, 0.4) is 0 Å². The first-order valence-electron chi connectivity index (χ1n) is 6.46. The number of carbonyl (C=O) groups excluding carboxylic acids is 1. The van der Waals surface area contributed by atoms with Gasteiger partial charge in [0.2, 0.25) is 0 Å². The molecule has 0 N–H and O–H groups in total. The van der Waals surface area contributed by atoms with Crippen molar-refractivity contribution in [3.05, 3.63) is 11.9 Å². The summed E-state index contributed by atoms with van der Waals surface area (Å²) < 4.78 is 6.81. The normalized spacial score (nSPS) is 20.9. The maximum Gasteiger partial charge on any atom is 0.323 e. The third-order valence-corrected chi connectivity index (χ3v) is 3.19. The van der Waals surface area contributed by atoms with Crippen LogP contribution in [0.2, 0.25) is 0 Å². The molecule has 2 heterocycles. The van der Waals surface area contributed by atoms with Crippen molar-refractivity contribution in [3.8, 4) is 0 Å². The Morgan fingerprint density at radius 3 is 3.06 bits per heavy atom. The van der Waals surface area contributed by atoms with E-state index in [9.17, 15) is 4.79 Å². The fraction of sp³-hybridized carbons (Fsp3) is 0.750. The van der Waals surface area contributed by atoms with E-state index in [1.165, 1.54) is 0 Å². The van der Waals surface area contributed by atoms with Crippen LogP contribution in [0.1, 0.15) is 31.9 Å². The zero-order valence-electron chi connectivity index (χ0n) is 11.0. The average Bonchev–Trinajstić information content (AvgIpc) is 2.76. The number of aryl methyl sites for hydroxylation is 1. The van der Waals surface area contributed by atoms with Crippen LogP contribution >= 0.6 is 0 Å². The van der Waals surface area contributed by atoms with Gasteiger partial charge in [-0.2, -0.15) is 0 Å². The third kappa shape index (κ3) is 3.07. The molecule has 0 aromatic carbocycles. The van der Waals surface area contributed by atoms with E-state index >= 15 is 0 Å². The maximum absolute atomic E-state index is 11.9. The van der Waals surface area contributed by atoms with Crippen molar-refractivity contribution in [2.24, 2.45) is 7.05 Å². The minimum absolute atomic E-state index is 0.110. The van der Waals surface area contributed by atoms with E-state index in [2.05, 4.69) is 15.2 Å². The largest absolute Gasteiger partial charge is 0.465 e. The number of aromatic nitrogens is 3. The molecular weight excluding hydrogens is 232 g/mol. The third-order valence-electron chi connectivity index (χ3n) is 3.19. The summed E-state index contributed by atoms with van der Waals surface area (Å²) in [6, 6.07) is -0.124. The van der Waals surface area contributed by atoms with Crippen LogP contribution in [0.4, 0.5) is 0 Å². The number of rotatable bonds is 4. The Labute approximate surface area is 107 Å². The Morgan fingerprint density at radius 1 is 1.56 bits per heavy atom. The standard InChI is InChI=1S/C12H20N4O2/c1-3-18-12(17)11-6-4-5-7-16(11)9-10-8-15(2)14-13-10/h8,11H,3-7,9H2,1-2H3. The van der Waals surface area contributed by atoms with Gasteiger partial charge in [-0.3, -0.25) is 14.4 Å². The zero-order chi connectivity index (χ0) is 13.0. The van der Waals surface area contributed by atoms with Gasteiger partial charge >= 0.3 is 5.97 Å². The van der Waals surface area contributed by atoms with Crippen LogP contribution in [-0.2, 0) is 23.1 Å². The van der Waals surface area contributed by atoms with Crippen molar-refractivity contribution in [3.63, 3.8) is 0 Å². The zero-order valence-corrected chi connectivity index (χ0v) is 11.0. The quantitative estimate of drug-likeness (QED) is 0.739. The van der Waals surface area contributed by atoms with Gasteiger partial charge in [0, 0.05) is 19.8 Å². The molecule has 1 aliphatic heterocycles. The van der Waals surface area contributed by atoms with E-state index < -0.39 is 0 Å². The average molecular weight is 252 g/mol. The fourth-order valence-corrected chi connectivity index (χ4v) is 2.36. The summed E-state index contributed by atoms with van der Waals surface area (Å²) in [5.41, 5.74) is 0.897. The Kier molecular flexibility index (Phi) is 4.30. The molecule has 0 amide bonds. The molecule has 1 aromatic heterocycles. The summed E-state index contributed by atoms with van der Waals surface area (Å²) in [6.07, 6.45) is 4.96. The number of likely N-dealkylation sites (tertiary alicyclic amines) is 1. The van der Waals surface area contributed by atoms with Gasteiger partial charge in [-0.05, 0) is 26.3 Å². The molecule has 18 heavy (non-hydrogen) atoms. The lowest BCUT2D eigenvalue weighted by molar-refractivity contribution is -0.151. The molecule has 0 radical (unpaired) electrons. The second-order valence-corrected chi connectivity index (χ2v) is 4.62. The van der Waals surface area contributed by atoms with Crippen LogP contribution in [-0.4, -0.2) is 45.1 Å². The van der Waals surface area contributed by atoms with Gasteiger partial charge < -0.3 is 4.74 Å². The molecule has 6 nitrogen and oxygen atoms in total. The molecule has 1 fully saturated rings. The van der Waals surface area contributed by atoms with Crippen molar-refractivity contribution in [2.45, 2.75) is 38.8 Å². The first kappa shape index (κ1) is 13.0. The lowest BCUT2D eigenvalue weighted by Gasteiger charge is -2.33. The molecule has 0 saturated carbocycles. The van der Waals surface area contributed by atoms with Crippen LogP contribution < -0.4 is 0 Å². The molecule has 2 rings (SSSR count). The number of nitrogens with zero attached hydrogens (tertiary/aromatic N) is 4. The van der Waals surface area contributed by atoms with Crippen LogP contribution in [0.25, 0.3) is 0 Å². The second kappa shape index (κ2) is 5.95. The monoisotopic (exact) mass is 252 g/mol. The Morgan fingerprint density at radius 2 is 2.39 bits per heavy atom. The first-order chi connectivity index (χ1) is 8.70. The highest BCUT2D eigenvalue weighted by Gasteiger charge is 2.30. The summed E-state index contributed by atoms with van der Waals surface area (Å²) in [7, 11) is 1.84. The fourth-order valence-electron chi connectivity index (χ4n) is 2.36. The van der Waals surface area contributed by atoms with Gasteiger partial charge in [0.05, 0.1) is 12.3 Å². The molecule has 1 aliphatic rings.